The molecule has 2 aromatic rings. The van der Waals surface area contributed by atoms with Crippen molar-refractivity contribution in [3.8, 4) is 0 Å². The van der Waals surface area contributed by atoms with Crippen LogP contribution in [0.5, 0.6) is 0 Å². The normalized spacial score (nSPS) is 22.9. The number of hydrogen-bond acceptors (Lipinski definition) is 4. The zero-order valence-electron chi connectivity index (χ0n) is 16.3. The number of rotatable bonds is 4. The Hall–Kier alpha value is -3.22. The number of aliphatic imine (C=N–C) groups is 1. The van der Waals surface area contributed by atoms with Crippen molar-refractivity contribution in [2.75, 3.05) is 11.9 Å². The van der Waals surface area contributed by atoms with Gasteiger partial charge in [0, 0.05) is 18.8 Å². The van der Waals surface area contributed by atoms with Gasteiger partial charge in [-0.3, -0.25) is 9.69 Å². The maximum absolute atomic E-state index is 13.5. The van der Waals surface area contributed by atoms with Crippen LogP contribution in [0.3, 0.4) is 0 Å². The summed E-state index contributed by atoms with van der Waals surface area (Å²) in [4.78, 5) is 33.7. The van der Waals surface area contributed by atoms with Crippen molar-refractivity contribution in [3.05, 3.63) is 59.9 Å². The standard InChI is InChI=1S/C21H22N4O3/c1-13(2)21(3)19(28)25-17(22-21)16-15(18(26)27)11-8-12-24(16)20(25)23(4)14-9-6-5-7-10-14/h5-13,20H,1-4H3/p+1. The number of pyridine rings is 1. The summed E-state index contributed by atoms with van der Waals surface area (Å²) in [5.74, 6) is -0.760. The highest BCUT2D eigenvalue weighted by atomic mass is 16.4. The van der Waals surface area contributed by atoms with Crippen molar-refractivity contribution in [1.82, 2.24) is 4.90 Å². The fourth-order valence-corrected chi connectivity index (χ4v) is 3.83. The van der Waals surface area contributed by atoms with Crippen molar-refractivity contribution in [2.24, 2.45) is 10.9 Å². The lowest BCUT2D eigenvalue weighted by Crippen LogP contribution is -2.56. The monoisotopic (exact) mass is 379 g/mol. The lowest BCUT2D eigenvalue weighted by Gasteiger charge is -2.30. The first kappa shape index (κ1) is 18.2. The number of carbonyl (C=O) groups is 2. The second-order valence-electron chi connectivity index (χ2n) is 7.69. The van der Waals surface area contributed by atoms with Crippen LogP contribution in [-0.4, -0.2) is 40.3 Å². The Morgan fingerprint density at radius 1 is 1.25 bits per heavy atom. The summed E-state index contributed by atoms with van der Waals surface area (Å²) < 4.78 is 1.81. The van der Waals surface area contributed by atoms with E-state index >= 15 is 0 Å². The van der Waals surface area contributed by atoms with Crippen LogP contribution in [-0.2, 0) is 4.79 Å². The van der Waals surface area contributed by atoms with Gasteiger partial charge < -0.3 is 5.11 Å². The predicted molar refractivity (Wildman–Crippen MR) is 104 cm³/mol. The first-order valence-corrected chi connectivity index (χ1v) is 9.26. The molecule has 0 spiro atoms. The molecule has 3 heterocycles. The average Bonchev–Trinajstić information content (AvgIpc) is 3.14. The highest BCUT2D eigenvalue weighted by Gasteiger charge is 2.60. The van der Waals surface area contributed by atoms with E-state index in [1.165, 1.54) is 0 Å². The minimum Gasteiger partial charge on any atom is -0.477 e. The Labute approximate surface area is 163 Å². The zero-order chi connectivity index (χ0) is 20.2. The molecule has 0 bridgehead atoms. The van der Waals surface area contributed by atoms with E-state index in [0.717, 1.165) is 5.69 Å². The molecule has 0 aliphatic carbocycles. The van der Waals surface area contributed by atoms with Crippen LogP contribution in [0.4, 0.5) is 5.69 Å². The molecule has 1 N–H and O–H groups in total. The van der Waals surface area contributed by atoms with E-state index < -0.39 is 17.8 Å². The number of anilines is 1. The van der Waals surface area contributed by atoms with Crippen LogP contribution in [0.15, 0.2) is 53.7 Å². The molecular formula is C21H23N4O3+. The highest BCUT2D eigenvalue weighted by Crippen LogP contribution is 2.39. The number of aromatic carboxylic acids is 1. The SMILES string of the molecule is CC(C)C1(C)N=C2c3c(C(=O)O)ccc[n+]3C(N(C)c3ccccc3)N2C1=O. The van der Waals surface area contributed by atoms with E-state index in [4.69, 9.17) is 4.99 Å². The second kappa shape index (κ2) is 6.15. The van der Waals surface area contributed by atoms with E-state index in [2.05, 4.69) is 0 Å². The van der Waals surface area contributed by atoms with Crippen molar-refractivity contribution in [2.45, 2.75) is 32.6 Å². The Balaban J connectivity index is 1.95. The summed E-state index contributed by atoms with van der Waals surface area (Å²) in [6, 6.07) is 12.9. The molecule has 7 heteroatoms. The number of carboxylic acids is 1. The maximum Gasteiger partial charge on any atom is 0.342 e. The molecule has 28 heavy (non-hydrogen) atoms. The summed E-state index contributed by atoms with van der Waals surface area (Å²) in [6.07, 6.45) is 1.27. The topological polar surface area (TPSA) is 77.1 Å². The van der Waals surface area contributed by atoms with E-state index in [9.17, 15) is 14.7 Å². The highest BCUT2D eigenvalue weighted by molar-refractivity contribution is 6.17. The summed E-state index contributed by atoms with van der Waals surface area (Å²) in [5.41, 5.74) is 0.588. The summed E-state index contributed by atoms with van der Waals surface area (Å²) in [5, 5.41) is 9.73. The number of carbonyl (C=O) groups excluding carboxylic acids is 1. The Morgan fingerprint density at radius 3 is 2.54 bits per heavy atom. The second-order valence-corrected chi connectivity index (χ2v) is 7.69. The molecule has 2 aliphatic rings. The molecule has 0 saturated heterocycles. The number of aromatic nitrogens is 1. The van der Waals surface area contributed by atoms with Gasteiger partial charge in [0.15, 0.2) is 6.20 Å². The minimum absolute atomic E-state index is 0.0220. The Kier molecular flexibility index (Phi) is 3.99. The number of amides is 1. The van der Waals surface area contributed by atoms with Crippen LogP contribution in [0.1, 0.15) is 43.1 Å². The minimum atomic E-state index is -1.04. The van der Waals surface area contributed by atoms with Crippen LogP contribution >= 0.6 is 0 Å². The van der Waals surface area contributed by atoms with Gasteiger partial charge in [-0.05, 0) is 31.0 Å². The molecule has 7 nitrogen and oxygen atoms in total. The van der Waals surface area contributed by atoms with Crippen LogP contribution in [0.2, 0.25) is 0 Å². The molecular weight excluding hydrogens is 356 g/mol. The van der Waals surface area contributed by atoms with Crippen molar-refractivity contribution >= 4 is 23.4 Å². The third kappa shape index (κ3) is 2.35. The third-order valence-electron chi connectivity index (χ3n) is 5.80. The molecule has 4 rings (SSSR count). The van der Waals surface area contributed by atoms with Gasteiger partial charge in [-0.15, -0.1) is 0 Å². The number of amidine groups is 1. The van der Waals surface area contributed by atoms with Crippen molar-refractivity contribution in [3.63, 3.8) is 0 Å². The van der Waals surface area contributed by atoms with Gasteiger partial charge in [0.05, 0.1) is 0 Å². The molecule has 144 valence electrons. The summed E-state index contributed by atoms with van der Waals surface area (Å²) in [6.45, 7) is 5.73. The van der Waals surface area contributed by atoms with E-state index in [0.29, 0.717) is 11.5 Å². The maximum atomic E-state index is 13.5. The third-order valence-corrected chi connectivity index (χ3v) is 5.80. The Morgan fingerprint density at radius 2 is 1.93 bits per heavy atom. The molecule has 0 radical (unpaired) electrons. The predicted octanol–water partition coefficient (Wildman–Crippen LogP) is 2.28. The van der Waals surface area contributed by atoms with E-state index in [1.54, 1.807) is 23.2 Å². The van der Waals surface area contributed by atoms with Gasteiger partial charge in [0.1, 0.15) is 11.1 Å². The zero-order valence-corrected chi connectivity index (χ0v) is 16.3. The molecule has 1 aromatic carbocycles. The largest absolute Gasteiger partial charge is 0.477 e. The quantitative estimate of drug-likeness (QED) is 0.827. The molecule has 2 unspecified atom stereocenters. The Bertz CT molecular complexity index is 1000. The molecule has 1 aromatic heterocycles. The van der Waals surface area contributed by atoms with Gasteiger partial charge >= 0.3 is 12.3 Å². The lowest BCUT2D eigenvalue weighted by atomic mass is 9.89. The number of carboxylic acid groups (broad SMARTS) is 1. The van der Waals surface area contributed by atoms with E-state index in [-0.39, 0.29) is 17.4 Å². The van der Waals surface area contributed by atoms with Gasteiger partial charge in [-0.2, -0.15) is 4.57 Å². The van der Waals surface area contributed by atoms with Gasteiger partial charge in [-0.1, -0.05) is 32.0 Å². The van der Waals surface area contributed by atoms with Crippen molar-refractivity contribution in [1.29, 1.82) is 0 Å². The lowest BCUT2D eigenvalue weighted by molar-refractivity contribution is -0.726. The fraction of sp³-hybridized carbons (Fsp3) is 0.333. The number of nitrogens with zero attached hydrogens (tertiary/aromatic N) is 4. The number of fused-ring (bicyclic) bond motifs is 3. The van der Waals surface area contributed by atoms with Crippen LogP contribution in [0, 0.1) is 5.92 Å². The number of para-hydroxylation sites is 1. The summed E-state index contributed by atoms with van der Waals surface area (Å²) in [7, 11) is 1.89. The first-order chi connectivity index (χ1) is 13.3. The molecule has 0 saturated carbocycles. The van der Waals surface area contributed by atoms with Crippen LogP contribution in [0.25, 0.3) is 0 Å². The molecule has 2 aliphatic heterocycles. The summed E-state index contributed by atoms with van der Waals surface area (Å²) >= 11 is 0. The molecule has 1 amide bonds. The molecule has 0 fully saturated rings. The van der Waals surface area contributed by atoms with Gasteiger partial charge in [0.25, 0.3) is 11.6 Å². The molecule has 2 atom stereocenters. The average molecular weight is 379 g/mol. The first-order valence-electron chi connectivity index (χ1n) is 9.26. The van der Waals surface area contributed by atoms with Gasteiger partial charge in [-0.25, -0.2) is 14.7 Å². The number of hydrogen-bond donors (Lipinski definition) is 1. The van der Waals surface area contributed by atoms with Crippen molar-refractivity contribution < 1.29 is 19.3 Å². The van der Waals surface area contributed by atoms with E-state index in [1.807, 2.05) is 67.6 Å². The van der Waals surface area contributed by atoms with Gasteiger partial charge in [0.2, 0.25) is 5.84 Å². The number of benzene rings is 1. The fourth-order valence-electron chi connectivity index (χ4n) is 3.83. The smallest absolute Gasteiger partial charge is 0.342 e. The van der Waals surface area contributed by atoms with Crippen LogP contribution < -0.4 is 9.47 Å².